The number of nitrogens with zero attached hydrogens (tertiary/aromatic N) is 2. The fourth-order valence-electron chi connectivity index (χ4n) is 3.56. The number of carbonyl (C=O) groups excluding carboxylic acids is 1. The van der Waals surface area contributed by atoms with Gasteiger partial charge in [0.15, 0.2) is 0 Å². The van der Waals surface area contributed by atoms with E-state index < -0.39 is 0 Å². The third kappa shape index (κ3) is 4.07. The van der Waals surface area contributed by atoms with E-state index in [0.717, 1.165) is 41.7 Å². The number of nitrogens with one attached hydrogen (secondary N) is 1. The van der Waals surface area contributed by atoms with Gasteiger partial charge in [0, 0.05) is 30.2 Å². The molecule has 1 heterocycles. The van der Waals surface area contributed by atoms with Crippen LogP contribution in [0.2, 0.25) is 0 Å². The molecule has 146 valence electrons. The molecule has 4 nitrogen and oxygen atoms in total. The SMILES string of the molecule is CCN(CC)CCNC(=O)c1cnc(-c2cccc(C)c2C)c2ccccc12. The van der Waals surface area contributed by atoms with E-state index in [1.54, 1.807) is 6.20 Å². The van der Waals surface area contributed by atoms with Gasteiger partial charge in [-0.2, -0.15) is 0 Å². The Morgan fingerprint density at radius 3 is 2.43 bits per heavy atom. The van der Waals surface area contributed by atoms with Crippen molar-refractivity contribution in [3.8, 4) is 11.3 Å². The number of carbonyl (C=O) groups is 1. The molecule has 0 unspecified atom stereocenters. The average Bonchev–Trinajstić information content (AvgIpc) is 2.72. The van der Waals surface area contributed by atoms with Gasteiger partial charge in [-0.15, -0.1) is 0 Å². The summed E-state index contributed by atoms with van der Waals surface area (Å²) < 4.78 is 0. The lowest BCUT2D eigenvalue weighted by Gasteiger charge is -2.18. The van der Waals surface area contributed by atoms with Gasteiger partial charge >= 0.3 is 0 Å². The van der Waals surface area contributed by atoms with Crippen molar-refractivity contribution in [2.24, 2.45) is 0 Å². The van der Waals surface area contributed by atoms with Gasteiger partial charge < -0.3 is 10.2 Å². The van der Waals surface area contributed by atoms with Crippen LogP contribution in [0.15, 0.2) is 48.7 Å². The van der Waals surface area contributed by atoms with Crippen LogP contribution in [0.3, 0.4) is 0 Å². The highest BCUT2D eigenvalue weighted by molar-refractivity contribution is 6.09. The summed E-state index contributed by atoms with van der Waals surface area (Å²) in [7, 11) is 0. The molecule has 0 aliphatic carbocycles. The van der Waals surface area contributed by atoms with Crippen molar-refractivity contribution in [2.75, 3.05) is 26.2 Å². The number of rotatable bonds is 7. The van der Waals surface area contributed by atoms with Gasteiger partial charge in [-0.25, -0.2) is 0 Å². The number of aromatic nitrogens is 1. The number of likely N-dealkylation sites (N-methyl/N-ethyl adjacent to an activating group) is 1. The van der Waals surface area contributed by atoms with Crippen molar-refractivity contribution in [1.29, 1.82) is 0 Å². The first-order valence-corrected chi connectivity index (χ1v) is 10.0. The third-order valence-electron chi connectivity index (χ3n) is 5.51. The first kappa shape index (κ1) is 20.0. The zero-order valence-electron chi connectivity index (χ0n) is 17.2. The molecule has 0 aliphatic rings. The number of pyridine rings is 1. The molecule has 0 aliphatic heterocycles. The minimum absolute atomic E-state index is 0.0663. The molecule has 0 saturated heterocycles. The summed E-state index contributed by atoms with van der Waals surface area (Å²) in [6.45, 7) is 12.0. The van der Waals surface area contributed by atoms with Crippen LogP contribution >= 0.6 is 0 Å². The topological polar surface area (TPSA) is 45.2 Å². The smallest absolute Gasteiger partial charge is 0.253 e. The maximum Gasteiger partial charge on any atom is 0.253 e. The molecule has 3 rings (SSSR count). The lowest BCUT2D eigenvalue weighted by molar-refractivity contribution is 0.0950. The third-order valence-corrected chi connectivity index (χ3v) is 5.51. The van der Waals surface area contributed by atoms with E-state index in [4.69, 9.17) is 4.98 Å². The van der Waals surface area contributed by atoms with Gasteiger partial charge in [-0.05, 0) is 43.5 Å². The molecule has 0 fully saturated rings. The minimum Gasteiger partial charge on any atom is -0.351 e. The molecule has 1 N–H and O–H groups in total. The highest BCUT2D eigenvalue weighted by Crippen LogP contribution is 2.31. The fraction of sp³-hybridized carbons (Fsp3) is 0.333. The van der Waals surface area contributed by atoms with E-state index in [2.05, 4.69) is 56.1 Å². The molecule has 3 aromatic rings. The molecule has 1 amide bonds. The molecule has 0 bridgehead atoms. The van der Waals surface area contributed by atoms with Gasteiger partial charge in [-0.3, -0.25) is 9.78 Å². The summed E-state index contributed by atoms with van der Waals surface area (Å²) in [5.74, 6) is -0.0663. The summed E-state index contributed by atoms with van der Waals surface area (Å²) >= 11 is 0. The molecule has 0 spiro atoms. The van der Waals surface area contributed by atoms with Crippen molar-refractivity contribution < 1.29 is 4.79 Å². The highest BCUT2D eigenvalue weighted by atomic mass is 16.1. The van der Waals surface area contributed by atoms with Gasteiger partial charge in [-0.1, -0.05) is 56.3 Å². The zero-order valence-corrected chi connectivity index (χ0v) is 17.2. The number of benzene rings is 2. The second-order valence-electron chi connectivity index (χ2n) is 7.10. The molecular formula is C24H29N3O. The lowest BCUT2D eigenvalue weighted by atomic mass is 9.95. The minimum atomic E-state index is -0.0663. The van der Waals surface area contributed by atoms with Crippen molar-refractivity contribution in [1.82, 2.24) is 15.2 Å². The molecule has 0 saturated carbocycles. The Labute approximate surface area is 167 Å². The van der Waals surface area contributed by atoms with E-state index in [1.807, 2.05) is 24.3 Å². The second kappa shape index (κ2) is 8.98. The largest absolute Gasteiger partial charge is 0.351 e. The molecule has 1 aromatic heterocycles. The number of amides is 1. The predicted molar refractivity (Wildman–Crippen MR) is 117 cm³/mol. The summed E-state index contributed by atoms with van der Waals surface area (Å²) in [6, 6.07) is 14.3. The Bertz CT molecular complexity index is 977. The van der Waals surface area contributed by atoms with Gasteiger partial charge in [0.25, 0.3) is 5.91 Å². The number of hydrogen-bond acceptors (Lipinski definition) is 3. The number of aryl methyl sites for hydroxylation is 1. The maximum atomic E-state index is 12.8. The first-order valence-electron chi connectivity index (χ1n) is 10.0. The van der Waals surface area contributed by atoms with Crippen molar-refractivity contribution >= 4 is 16.7 Å². The summed E-state index contributed by atoms with van der Waals surface area (Å²) in [6.07, 6.45) is 1.71. The predicted octanol–water partition coefficient (Wildman–Crippen LogP) is 4.59. The van der Waals surface area contributed by atoms with E-state index in [0.29, 0.717) is 12.1 Å². The van der Waals surface area contributed by atoms with Crippen LogP contribution in [-0.4, -0.2) is 42.0 Å². The molecule has 0 radical (unpaired) electrons. The van der Waals surface area contributed by atoms with Crippen LogP contribution in [0.4, 0.5) is 0 Å². The summed E-state index contributed by atoms with van der Waals surface area (Å²) in [4.78, 5) is 19.8. The molecule has 2 aromatic carbocycles. The van der Waals surface area contributed by atoms with Crippen LogP contribution < -0.4 is 5.32 Å². The van der Waals surface area contributed by atoms with Crippen LogP contribution in [0.25, 0.3) is 22.0 Å². The maximum absolute atomic E-state index is 12.8. The molecule has 0 atom stereocenters. The molecule has 4 heteroatoms. The highest BCUT2D eigenvalue weighted by Gasteiger charge is 2.15. The van der Waals surface area contributed by atoms with Gasteiger partial charge in [0.05, 0.1) is 11.3 Å². The standard InChI is InChI=1S/C24H29N3O/c1-5-27(6-2)15-14-25-24(28)22-16-26-23(21-12-8-7-11-20(21)22)19-13-9-10-17(3)18(19)4/h7-13,16H,5-6,14-15H2,1-4H3,(H,25,28). The van der Waals surface area contributed by atoms with Crippen LogP contribution in [0.1, 0.15) is 35.3 Å². The second-order valence-corrected chi connectivity index (χ2v) is 7.10. The van der Waals surface area contributed by atoms with Gasteiger partial charge in [0.2, 0.25) is 0 Å². The average molecular weight is 376 g/mol. The Hall–Kier alpha value is -2.72. The van der Waals surface area contributed by atoms with E-state index in [9.17, 15) is 4.79 Å². The zero-order chi connectivity index (χ0) is 20.1. The first-order chi connectivity index (χ1) is 13.6. The molecule has 28 heavy (non-hydrogen) atoms. The van der Waals surface area contributed by atoms with E-state index >= 15 is 0 Å². The van der Waals surface area contributed by atoms with Crippen molar-refractivity contribution in [3.63, 3.8) is 0 Å². The monoisotopic (exact) mass is 375 g/mol. The van der Waals surface area contributed by atoms with E-state index in [-0.39, 0.29) is 5.91 Å². The van der Waals surface area contributed by atoms with E-state index in [1.165, 1.54) is 11.1 Å². The van der Waals surface area contributed by atoms with Crippen molar-refractivity contribution in [3.05, 3.63) is 65.4 Å². The lowest BCUT2D eigenvalue weighted by Crippen LogP contribution is -2.34. The summed E-state index contributed by atoms with van der Waals surface area (Å²) in [5, 5.41) is 5.00. The Balaban J connectivity index is 1.94. The Morgan fingerprint density at radius 1 is 1.00 bits per heavy atom. The number of fused-ring (bicyclic) bond motifs is 1. The Morgan fingerprint density at radius 2 is 1.71 bits per heavy atom. The molecular weight excluding hydrogens is 346 g/mol. The van der Waals surface area contributed by atoms with Crippen LogP contribution in [-0.2, 0) is 0 Å². The van der Waals surface area contributed by atoms with Crippen LogP contribution in [0, 0.1) is 13.8 Å². The Kier molecular flexibility index (Phi) is 6.42. The van der Waals surface area contributed by atoms with Gasteiger partial charge in [0.1, 0.15) is 0 Å². The quantitative estimate of drug-likeness (QED) is 0.657. The summed E-state index contributed by atoms with van der Waals surface area (Å²) in [5.41, 5.74) is 5.13. The van der Waals surface area contributed by atoms with Crippen LogP contribution in [0.5, 0.6) is 0 Å². The van der Waals surface area contributed by atoms with Crippen molar-refractivity contribution in [2.45, 2.75) is 27.7 Å². The fourth-order valence-corrected chi connectivity index (χ4v) is 3.56. The number of hydrogen-bond donors (Lipinski definition) is 1. The normalized spacial score (nSPS) is 11.2.